The molecule has 1 aromatic carbocycles. The minimum Gasteiger partial charge on any atom is -0.312 e. The van der Waals surface area contributed by atoms with Crippen LogP contribution in [0.25, 0.3) is 0 Å². The molecule has 2 nitrogen and oxygen atoms in total. The molecule has 0 amide bonds. The first-order chi connectivity index (χ1) is 8.74. The van der Waals surface area contributed by atoms with Crippen LogP contribution in [0.1, 0.15) is 30.4 Å². The zero-order valence-electron chi connectivity index (χ0n) is 11.5. The highest BCUT2D eigenvalue weighted by Gasteiger charge is 2.33. The lowest BCUT2D eigenvalue weighted by Crippen LogP contribution is -2.36. The van der Waals surface area contributed by atoms with E-state index in [1.54, 1.807) is 5.56 Å². The first-order valence-corrected chi connectivity index (χ1v) is 7.21. The molecule has 3 unspecified atom stereocenters. The average molecular weight is 244 g/mol. The number of rotatable bonds is 4. The van der Waals surface area contributed by atoms with Crippen LogP contribution < -0.4 is 5.32 Å². The van der Waals surface area contributed by atoms with Crippen molar-refractivity contribution in [3.63, 3.8) is 0 Å². The lowest BCUT2D eigenvalue weighted by atomic mass is 9.90. The molecule has 3 rings (SSSR count). The summed E-state index contributed by atoms with van der Waals surface area (Å²) in [6, 6.07) is 8.91. The summed E-state index contributed by atoms with van der Waals surface area (Å²) in [5.41, 5.74) is 3.05. The number of nitrogens with one attached hydrogen (secondary N) is 1. The quantitative estimate of drug-likeness (QED) is 0.875. The summed E-state index contributed by atoms with van der Waals surface area (Å²) in [4.78, 5) is 2.53. The first kappa shape index (κ1) is 12.2. The van der Waals surface area contributed by atoms with Crippen molar-refractivity contribution < 1.29 is 0 Å². The molecule has 3 atom stereocenters. The standard InChI is InChI=1S/C16H24N2/c1-12-7-14(12)10-18(2)11-15-9-17-8-13-5-3-4-6-16(13)15/h3-6,12,14-15,17H,7-11H2,1-2H3. The van der Waals surface area contributed by atoms with E-state index in [0.717, 1.165) is 24.9 Å². The van der Waals surface area contributed by atoms with E-state index in [1.165, 1.54) is 25.1 Å². The van der Waals surface area contributed by atoms with E-state index in [2.05, 4.69) is 48.5 Å². The molecule has 0 saturated heterocycles. The third-order valence-corrected chi connectivity index (χ3v) is 4.56. The summed E-state index contributed by atoms with van der Waals surface area (Å²) in [6.45, 7) is 7.00. The zero-order valence-corrected chi connectivity index (χ0v) is 11.5. The van der Waals surface area contributed by atoms with Crippen molar-refractivity contribution in [2.24, 2.45) is 11.8 Å². The van der Waals surface area contributed by atoms with Gasteiger partial charge in [0, 0.05) is 32.1 Å². The van der Waals surface area contributed by atoms with Gasteiger partial charge in [0.25, 0.3) is 0 Å². The summed E-state index contributed by atoms with van der Waals surface area (Å²) in [7, 11) is 2.28. The third kappa shape index (κ3) is 2.60. The normalized spacial score (nSPS) is 30.3. The van der Waals surface area contributed by atoms with Crippen LogP contribution in [0.15, 0.2) is 24.3 Å². The molecule has 1 fully saturated rings. The molecule has 2 aliphatic rings. The van der Waals surface area contributed by atoms with Gasteiger partial charge in [-0.2, -0.15) is 0 Å². The van der Waals surface area contributed by atoms with Crippen LogP contribution in [0, 0.1) is 11.8 Å². The van der Waals surface area contributed by atoms with Gasteiger partial charge in [-0.25, -0.2) is 0 Å². The van der Waals surface area contributed by atoms with Gasteiger partial charge in [0.2, 0.25) is 0 Å². The second kappa shape index (κ2) is 5.02. The molecule has 1 heterocycles. The molecule has 18 heavy (non-hydrogen) atoms. The summed E-state index contributed by atoms with van der Waals surface area (Å²) in [5.74, 6) is 2.58. The minimum atomic E-state index is 0.661. The number of hydrogen-bond acceptors (Lipinski definition) is 2. The largest absolute Gasteiger partial charge is 0.312 e. The molecule has 1 aliphatic heterocycles. The maximum absolute atomic E-state index is 3.55. The molecule has 1 saturated carbocycles. The molecule has 0 radical (unpaired) electrons. The summed E-state index contributed by atoms with van der Waals surface area (Å²) in [6.07, 6.45) is 1.43. The van der Waals surface area contributed by atoms with Crippen LogP contribution in [0.3, 0.4) is 0 Å². The molecular weight excluding hydrogens is 220 g/mol. The van der Waals surface area contributed by atoms with Gasteiger partial charge in [0.15, 0.2) is 0 Å². The lowest BCUT2D eigenvalue weighted by Gasteiger charge is -2.30. The maximum Gasteiger partial charge on any atom is 0.0208 e. The van der Waals surface area contributed by atoms with Crippen LogP contribution in [-0.2, 0) is 6.54 Å². The van der Waals surface area contributed by atoms with E-state index in [0.29, 0.717) is 5.92 Å². The third-order valence-electron chi connectivity index (χ3n) is 4.56. The highest BCUT2D eigenvalue weighted by Crippen LogP contribution is 2.38. The topological polar surface area (TPSA) is 15.3 Å². The van der Waals surface area contributed by atoms with Crippen molar-refractivity contribution >= 4 is 0 Å². The van der Waals surface area contributed by atoms with Crippen LogP contribution >= 0.6 is 0 Å². The van der Waals surface area contributed by atoms with Gasteiger partial charge in [0.05, 0.1) is 0 Å². The van der Waals surface area contributed by atoms with E-state index in [4.69, 9.17) is 0 Å². The van der Waals surface area contributed by atoms with Gasteiger partial charge in [-0.1, -0.05) is 31.2 Å². The molecule has 0 bridgehead atoms. The zero-order chi connectivity index (χ0) is 12.5. The Morgan fingerprint density at radius 3 is 2.83 bits per heavy atom. The molecule has 0 aromatic heterocycles. The van der Waals surface area contributed by atoms with Crippen molar-refractivity contribution in [1.82, 2.24) is 10.2 Å². The van der Waals surface area contributed by atoms with Gasteiger partial charge in [-0.3, -0.25) is 0 Å². The van der Waals surface area contributed by atoms with E-state index in [1.807, 2.05) is 0 Å². The highest BCUT2D eigenvalue weighted by atomic mass is 15.1. The second-order valence-electron chi connectivity index (χ2n) is 6.22. The smallest absolute Gasteiger partial charge is 0.0208 e. The number of hydrogen-bond donors (Lipinski definition) is 1. The van der Waals surface area contributed by atoms with Gasteiger partial charge in [-0.05, 0) is 36.4 Å². The fourth-order valence-corrected chi connectivity index (χ4v) is 3.25. The van der Waals surface area contributed by atoms with E-state index >= 15 is 0 Å². The molecule has 1 aromatic rings. The van der Waals surface area contributed by atoms with Crippen LogP contribution in [-0.4, -0.2) is 31.6 Å². The first-order valence-electron chi connectivity index (χ1n) is 7.21. The summed E-state index contributed by atoms with van der Waals surface area (Å²) in [5, 5.41) is 3.55. The minimum absolute atomic E-state index is 0.661. The Balaban J connectivity index is 1.63. The van der Waals surface area contributed by atoms with Crippen molar-refractivity contribution in [1.29, 1.82) is 0 Å². The Bertz CT molecular complexity index is 415. The van der Waals surface area contributed by atoms with Crippen LogP contribution in [0.4, 0.5) is 0 Å². The predicted octanol–water partition coefficient (Wildman–Crippen LogP) is 2.46. The van der Waals surface area contributed by atoms with Gasteiger partial charge >= 0.3 is 0 Å². The van der Waals surface area contributed by atoms with Gasteiger partial charge < -0.3 is 10.2 Å². The Labute approximate surface area is 110 Å². The van der Waals surface area contributed by atoms with Gasteiger partial charge in [0.1, 0.15) is 0 Å². The predicted molar refractivity (Wildman–Crippen MR) is 75.7 cm³/mol. The second-order valence-corrected chi connectivity index (χ2v) is 6.22. The molecule has 0 spiro atoms. The average Bonchev–Trinajstić information content (AvgIpc) is 3.05. The Morgan fingerprint density at radius 1 is 1.28 bits per heavy atom. The Kier molecular flexibility index (Phi) is 3.40. The van der Waals surface area contributed by atoms with E-state index in [9.17, 15) is 0 Å². The molecule has 1 aliphatic carbocycles. The molecular formula is C16H24N2. The molecule has 2 heteroatoms. The summed E-state index contributed by atoms with van der Waals surface area (Å²) < 4.78 is 0. The number of fused-ring (bicyclic) bond motifs is 1. The van der Waals surface area contributed by atoms with Crippen LogP contribution in [0.5, 0.6) is 0 Å². The van der Waals surface area contributed by atoms with E-state index < -0.39 is 0 Å². The monoisotopic (exact) mass is 244 g/mol. The fourth-order valence-electron chi connectivity index (χ4n) is 3.25. The fraction of sp³-hybridized carbons (Fsp3) is 0.625. The van der Waals surface area contributed by atoms with Crippen molar-refractivity contribution in [2.75, 3.05) is 26.7 Å². The summed E-state index contributed by atoms with van der Waals surface area (Å²) >= 11 is 0. The van der Waals surface area contributed by atoms with Gasteiger partial charge in [-0.15, -0.1) is 0 Å². The van der Waals surface area contributed by atoms with Crippen molar-refractivity contribution in [3.8, 4) is 0 Å². The van der Waals surface area contributed by atoms with Crippen LogP contribution in [0.2, 0.25) is 0 Å². The Hall–Kier alpha value is -0.860. The molecule has 98 valence electrons. The number of nitrogens with zero attached hydrogens (tertiary/aromatic N) is 1. The number of likely N-dealkylation sites (N-methyl/N-ethyl adjacent to an activating group) is 1. The number of benzene rings is 1. The van der Waals surface area contributed by atoms with E-state index in [-0.39, 0.29) is 0 Å². The highest BCUT2D eigenvalue weighted by molar-refractivity contribution is 5.32. The Morgan fingerprint density at radius 2 is 2.06 bits per heavy atom. The van der Waals surface area contributed by atoms with Crippen molar-refractivity contribution in [3.05, 3.63) is 35.4 Å². The molecule has 1 N–H and O–H groups in total. The SMILES string of the molecule is CC1CC1CN(C)CC1CNCc2ccccc21. The lowest BCUT2D eigenvalue weighted by molar-refractivity contribution is 0.285. The maximum atomic E-state index is 3.55. The van der Waals surface area contributed by atoms with Crippen molar-refractivity contribution in [2.45, 2.75) is 25.8 Å².